The lowest BCUT2D eigenvalue weighted by molar-refractivity contribution is 0.0989. The highest BCUT2D eigenvalue weighted by molar-refractivity contribution is 5.67. The molecule has 1 amide bonds. The fourth-order valence-corrected chi connectivity index (χ4v) is 3.64. The van der Waals surface area contributed by atoms with Crippen molar-refractivity contribution >= 4 is 6.09 Å². The molecule has 1 saturated carbocycles. The van der Waals surface area contributed by atoms with Gasteiger partial charge in [-0.3, -0.25) is 4.90 Å². The van der Waals surface area contributed by atoms with Crippen molar-refractivity contribution in [3.8, 4) is 0 Å². The first-order valence-corrected chi connectivity index (χ1v) is 6.98. The number of hydrogen-bond donors (Lipinski definition) is 1. The molecule has 1 aliphatic carbocycles. The zero-order valence-electron chi connectivity index (χ0n) is 10.5. The van der Waals surface area contributed by atoms with E-state index in [9.17, 15) is 4.79 Å². The molecule has 3 aliphatic rings. The maximum absolute atomic E-state index is 11.4. The summed E-state index contributed by atoms with van der Waals surface area (Å²) < 4.78 is 4.96. The zero-order chi connectivity index (χ0) is 11.8. The number of amides is 1. The highest BCUT2D eigenvalue weighted by Crippen LogP contribution is 2.43. The van der Waals surface area contributed by atoms with Gasteiger partial charge in [0.1, 0.15) is 0 Å². The van der Waals surface area contributed by atoms with Crippen LogP contribution in [0.1, 0.15) is 45.4 Å². The summed E-state index contributed by atoms with van der Waals surface area (Å²) in [6, 6.07) is 2.64. The largest absolute Gasteiger partial charge is 0.450 e. The standard InChI is InChI=1S/C13H22N2O2/c1-2-17-13(16)14-9-7-11-5-6-12(8-9)15(11)10-3-4-10/h9-12H,2-8H2,1H3,(H,14,16). The van der Waals surface area contributed by atoms with Crippen molar-refractivity contribution in [3.05, 3.63) is 0 Å². The van der Waals surface area contributed by atoms with E-state index in [1.807, 2.05) is 6.92 Å². The van der Waals surface area contributed by atoms with Gasteiger partial charge in [-0.15, -0.1) is 0 Å². The molecule has 2 unspecified atom stereocenters. The molecule has 2 atom stereocenters. The summed E-state index contributed by atoms with van der Waals surface area (Å²) in [4.78, 5) is 14.2. The molecule has 2 bridgehead atoms. The van der Waals surface area contributed by atoms with Crippen molar-refractivity contribution in [3.63, 3.8) is 0 Å². The fourth-order valence-electron chi connectivity index (χ4n) is 3.64. The third kappa shape index (κ3) is 2.28. The van der Waals surface area contributed by atoms with Gasteiger partial charge in [0.15, 0.2) is 0 Å². The van der Waals surface area contributed by atoms with E-state index < -0.39 is 0 Å². The highest BCUT2D eigenvalue weighted by Gasteiger charge is 2.47. The third-order valence-electron chi connectivity index (χ3n) is 4.36. The van der Waals surface area contributed by atoms with E-state index in [2.05, 4.69) is 10.2 Å². The van der Waals surface area contributed by atoms with Crippen molar-refractivity contribution < 1.29 is 9.53 Å². The van der Waals surface area contributed by atoms with Crippen LogP contribution in [0.4, 0.5) is 4.79 Å². The summed E-state index contributed by atoms with van der Waals surface area (Å²) in [5, 5.41) is 3.01. The van der Waals surface area contributed by atoms with E-state index in [0.717, 1.165) is 18.9 Å². The number of nitrogens with zero attached hydrogens (tertiary/aromatic N) is 1. The Hall–Kier alpha value is -0.770. The minimum Gasteiger partial charge on any atom is -0.450 e. The number of piperidine rings is 1. The van der Waals surface area contributed by atoms with Crippen LogP contribution in [-0.2, 0) is 4.74 Å². The van der Waals surface area contributed by atoms with Gasteiger partial charge in [-0.2, -0.15) is 0 Å². The van der Waals surface area contributed by atoms with Crippen molar-refractivity contribution in [1.29, 1.82) is 0 Å². The van der Waals surface area contributed by atoms with Crippen LogP contribution in [0.2, 0.25) is 0 Å². The van der Waals surface area contributed by atoms with Crippen LogP contribution in [0.5, 0.6) is 0 Å². The summed E-state index contributed by atoms with van der Waals surface area (Å²) in [5.41, 5.74) is 0. The molecule has 96 valence electrons. The number of rotatable bonds is 3. The normalized spacial score (nSPS) is 36.9. The Morgan fingerprint density at radius 3 is 2.29 bits per heavy atom. The van der Waals surface area contributed by atoms with Crippen LogP contribution in [0.3, 0.4) is 0 Å². The van der Waals surface area contributed by atoms with Gasteiger partial charge < -0.3 is 10.1 Å². The first-order chi connectivity index (χ1) is 8.28. The quantitative estimate of drug-likeness (QED) is 0.816. The Balaban J connectivity index is 1.56. The second kappa shape index (κ2) is 4.48. The van der Waals surface area contributed by atoms with E-state index in [4.69, 9.17) is 4.74 Å². The van der Waals surface area contributed by atoms with E-state index in [-0.39, 0.29) is 6.09 Å². The monoisotopic (exact) mass is 238 g/mol. The number of alkyl carbamates (subject to hydrolysis) is 1. The van der Waals surface area contributed by atoms with Crippen LogP contribution >= 0.6 is 0 Å². The first kappa shape index (κ1) is 11.3. The molecule has 0 aromatic rings. The molecular weight excluding hydrogens is 216 g/mol. The molecule has 1 N–H and O–H groups in total. The Kier molecular flexibility index (Phi) is 2.99. The van der Waals surface area contributed by atoms with Gasteiger partial charge in [-0.25, -0.2) is 4.79 Å². The predicted octanol–water partition coefficient (Wildman–Crippen LogP) is 1.89. The Morgan fingerprint density at radius 1 is 1.18 bits per heavy atom. The number of ether oxygens (including phenoxy) is 1. The molecule has 17 heavy (non-hydrogen) atoms. The van der Waals surface area contributed by atoms with Gasteiger partial charge in [0.2, 0.25) is 0 Å². The molecule has 4 heteroatoms. The molecule has 4 nitrogen and oxygen atoms in total. The number of carbonyl (C=O) groups is 1. The Labute approximate surface area is 103 Å². The average Bonchev–Trinajstić information content (AvgIpc) is 3.07. The topological polar surface area (TPSA) is 41.6 Å². The lowest BCUT2D eigenvalue weighted by atomic mass is 9.97. The minimum absolute atomic E-state index is 0.239. The summed E-state index contributed by atoms with van der Waals surface area (Å²) >= 11 is 0. The van der Waals surface area contributed by atoms with Crippen molar-refractivity contribution in [2.45, 2.75) is 69.6 Å². The van der Waals surface area contributed by atoms with Gasteiger partial charge in [-0.1, -0.05) is 0 Å². The van der Waals surface area contributed by atoms with Crippen molar-refractivity contribution in [2.75, 3.05) is 6.61 Å². The minimum atomic E-state index is -0.239. The van der Waals surface area contributed by atoms with Gasteiger partial charge in [-0.05, 0) is 45.4 Å². The van der Waals surface area contributed by atoms with Crippen molar-refractivity contribution in [1.82, 2.24) is 10.2 Å². The summed E-state index contributed by atoms with van der Waals surface area (Å²) in [5.74, 6) is 0. The molecule has 2 saturated heterocycles. The smallest absolute Gasteiger partial charge is 0.407 e. The highest BCUT2D eigenvalue weighted by atomic mass is 16.5. The maximum atomic E-state index is 11.4. The van der Waals surface area contributed by atoms with Crippen LogP contribution in [-0.4, -0.2) is 41.8 Å². The zero-order valence-corrected chi connectivity index (χ0v) is 10.5. The average molecular weight is 238 g/mol. The SMILES string of the molecule is CCOC(=O)NC1CC2CCC(C1)N2C1CC1. The lowest BCUT2D eigenvalue weighted by Gasteiger charge is -2.39. The third-order valence-corrected chi connectivity index (χ3v) is 4.36. The van der Waals surface area contributed by atoms with Gasteiger partial charge in [0.25, 0.3) is 0 Å². The summed E-state index contributed by atoms with van der Waals surface area (Å²) in [7, 11) is 0. The van der Waals surface area contributed by atoms with Crippen LogP contribution in [0, 0.1) is 0 Å². The maximum Gasteiger partial charge on any atom is 0.407 e. The number of hydrogen-bond acceptors (Lipinski definition) is 3. The molecule has 0 spiro atoms. The van der Waals surface area contributed by atoms with E-state index in [1.54, 1.807) is 0 Å². The molecule has 2 aliphatic heterocycles. The summed E-state index contributed by atoms with van der Waals surface area (Å²) in [6.45, 7) is 2.30. The molecule has 3 rings (SSSR count). The lowest BCUT2D eigenvalue weighted by Crippen LogP contribution is -2.51. The van der Waals surface area contributed by atoms with Gasteiger partial charge in [0, 0.05) is 24.2 Å². The molecular formula is C13H22N2O2. The number of fused-ring (bicyclic) bond motifs is 2. The van der Waals surface area contributed by atoms with Crippen LogP contribution in [0.15, 0.2) is 0 Å². The molecule has 2 heterocycles. The van der Waals surface area contributed by atoms with Crippen LogP contribution < -0.4 is 5.32 Å². The number of carbonyl (C=O) groups excluding carboxylic acids is 1. The molecule has 0 aromatic carbocycles. The van der Waals surface area contributed by atoms with Crippen LogP contribution in [0.25, 0.3) is 0 Å². The van der Waals surface area contributed by atoms with E-state index >= 15 is 0 Å². The van der Waals surface area contributed by atoms with E-state index in [1.165, 1.54) is 25.7 Å². The predicted molar refractivity (Wildman–Crippen MR) is 64.9 cm³/mol. The fraction of sp³-hybridized carbons (Fsp3) is 0.923. The first-order valence-electron chi connectivity index (χ1n) is 6.98. The second-order valence-corrected chi connectivity index (χ2v) is 5.60. The summed E-state index contributed by atoms with van der Waals surface area (Å²) in [6.07, 6.45) is 7.42. The Morgan fingerprint density at radius 2 is 1.76 bits per heavy atom. The number of nitrogens with one attached hydrogen (secondary N) is 1. The second-order valence-electron chi connectivity index (χ2n) is 5.60. The molecule has 3 fully saturated rings. The molecule has 0 radical (unpaired) electrons. The van der Waals surface area contributed by atoms with Gasteiger partial charge >= 0.3 is 6.09 Å². The van der Waals surface area contributed by atoms with E-state index in [0.29, 0.717) is 24.7 Å². The Bertz CT molecular complexity index is 290. The van der Waals surface area contributed by atoms with Crippen molar-refractivity contribution in [2.24, 2.45) is 0 Å². The van der Waals surface area contributed by atoms with Gasteiger partial charge in [0.05, 0.1) is 6.61 Å². The molecule has 0 aromatic heterocycles.